The first kappa shape index (κ1) is 13.1. The van der Waals surface area contributed by atoms with Gasteiger partial charge in [-0.15, -0.1) is 11.3 Å². The lowest BCUT2D eigenvalue weighted by Gasteiger charge is -2.04. The molecular weight excluding hydrogens is 270 g/mol. The number of nitrogens with one attached hydrogen (secondary N) is 2. The molecule has 0 bridgehead atoms. The lowest BCUT2D eigenvalue weighted by Crippen LogP contribution is -2.17. The van der Waals surface area contributed by atoms with Crippen LogP contribution in [0.2, 0.25) is 0 Å². The van der Waals surface area contributed by atoms with Crippen LogP contribution in [0.15, 0.2) is 10.9 Å². The highest BCUT2D eigenvalue weighted by Gasteiger charge is 2.21. The minimum absolute atomic E-state index is 0.256. The van der Waals surface area contributed by atoms with Crippen molar-refractivity contribution in [1.82, 2.24) is 15.5 Å². The summed E-state index contributed by atoms with van der Waals surface area (Å²) in [7, 11) is 3.03. The zero-order chi connectivity index (χ0) is 13.8. The summed E-state index contributed by atoms with van der Waals surface area (Å²) in [4.78, 5) is 15.9. The van der Waals surface area contributed by atoms with Crippen LogP contribution in [0.25, 0.3) is 0 Å². The van der Waals surface area contributed by atoms with Gasteiger partial charge in [-0.05, 0) is 0 Å². The number of nitrogen functional groups attached to an aromatic ring is 1. The van der Waals surface area contributed by atoms with Crippen molar-refractivity contribution in [2.75, 3.05) is 25.2 Å². The maximum Gasteiger partial charge on any atom is 0.263 e. The second-order valence-electron chi connectivity index (χ2n) is 3.49. The van der Waals surface area contributed by atoms with Crippen LogP contribution < -0.4 is 21.1 Å². The largest absolute Gasteiger partial charge is 0.492 e. The first-order valence-electron chi connectivity index (χ1n) is 5.34. The van der Waals surface area contributed by atoms with Crippen LogP contribution in [-0.4, -0.2) is 30.2 Å². The van der Waals surface area contributed by atoms with Gasteiger partial charge in [0, 0.05) is 7.05 Å². The Morgan fingerprint density at radius 2 is 2.42 bits per heavy atom. The molecule has 2 aromatic rings. The molecule has 0 aliphatic carbocycles. The number of anilines is 2. The predicted octanol–water partition coefficient (Wildman–Crippen LogP) is 0.694. The van der Waals surface area contributed by atoms with E-state index in [2.05, 4.69) is 25.3 Å². The number of rotatable bonds is 5. The summed E-state index contributed by atoms with van der Waals surface area (Å²) < 4.78 is 9.83. The van der Waals surface area contributed by atoms with Crippen molar-refractivity contribution in [1.29, 1.82) is 0 Å². The molecule has 0 saturated heterocycles. The average Bonchev–Trinajstić information content (AvgIpc) is 3.03. The summed E-state index contributed by atoms with van der Waals surface area (Å²) in [6.07, 6.45) is 1.24. The van der Waals surface area contributed by atoms with Crippen LogP contribution >= 0.6 is 11.3 Å². The average molecular weight is 283 g/mol. The maximum absolute atomic E-state index is 11.6. The molecule has 0 radical (unpaired) electrons. The molecule has 1 amide bonds. The maximum atomic E-state index is 11.6. The van der Waals surface area contributed by atoms with Gasteiger partial charge in [0.25, 0.3) is 5.91 Å². The molecule has 0 aromatic carbocycles. The second-order valence-corrected chi connectivity index (χ2v) is 4.51. The molecule has 2 rings (SSSR count). The Hall–Kier alpha value is -2.29. The monoisotopic (exact) mass is 283 g/mol. The number of carbonyl (C=O) groups excluding carboxylic acids is 1. The highest BCUT2D eigenvalue weighted by atomic mass is 32.1. The number of nitrogens with two attached hydrogens (primary N) is 1. The van der Waals surface area contributed by atoms with Crippen LogP contribution in [0.5, 0.6) is 5.75 Å². The lowest BCUT2D eigenvalue weighted by atomic mass is 10.3. The molecule has 0 aliphatic heterocycles. The fraction of sp³-hybridized carbons (Fsp3) is 0.300. The Morgan fingerprint density at radius 3 is 3.00 bits per heavy atom. The molecular formula is C10H13N5O3S. The molecule has 0 fully saturated rings. The van der Waals surface area contributed by atoms with Gasteiger partial charge in [-0.1, -0.05) is 5.16 Å². The van der Waals surface area contributed by atoms with Crippen molar-refractivity contribution in [3.8, 4) is 5.75 Å². The van der Waals surface area contributed by atoms with E-state index in [0.717, 1.165) is 0 Å². The number of hydrogen-bond donors (Lipinski definition) is 3. The highest BCUT2D eigenvalue weighted by Crippen LogP contribution is 2.42. The third-order valence-corrected chi connectivity index (χ3v) is 3.49. The van der Waals surface area contributed by atoms with Crippen molar-refractivity contribution >= 4 is 27.9 Å². The number of nitrogens with zero attached hydrogens (tertiary/aromatic N) is 2. The normalized spacial score (nSPS) is 10.2. The molecule has 0 aliphatic rings. The molecule has 4 N–H and O–H groups in total. The van der Waals surface area contributed by atoms with Gasteiger partial charge in [0.15, 0.2) is 11.6 Å². The number of hydrogen-bond acceptors (Lipinski definition) is 8. The zero-order valence-corrected chi connectivity index (χ0v) is 11.2. The van der Waals surface area contributed by atoms with Crippen molar-refractivity contribution in [2.24, 2.45) is 0 Å². The van der Waals surface area contributed by atoms with E-state index < -0.39 is 0 Å². The van der Waals surface area contributed by atoms with Gasteiger partial charge in [0.1, 0.15) is 15.6 Å². The minimum Gasteiger partial charge on any atom is -0.492 e. The number of ether oxygens (including phenoxy) is 1. The summed E-state index contributed by atoms with van der Waals surface area (Å²) in [5, 5.41) is 9.89. The number of aromatic nitrogens is 2. The Morgan fingerprint density at radius 1 is 1.63 bits per heavy atom. The van der Waals surface area contributed by atoms with Crippen molar-refractivity contribution in [3.63, 3.8) is 0 Å². The highest BCUT2D eigenvalue weighted by molar-refractivity contribution is 7.19. The van der Waals surface area contributed by atoms with Gasteiger partial charge in [-0.2, -0.15) is 4.98 Å². The SMILES string of the molecule is CNC(=O)c1sc(NCc2ncon2)c(OC)c1N. The smallest absolute Gasteiger partial charge is 0.263 e. The molecule has 19 heavy (non-hydrogen) atoms. The molecule has 102 valence electrons. The summed E-state index contributed by atoms with van der Waals surface area (Å²) in [5.41, 5.74) is 6.18. The van der Waals surface area contributed by atoms with E-state index in [1.807, 2.05) is 0 Å². The van der Waals surface area contributed by atoms with E-state index in [1.54, 1.807) is 7.05 Å². The Kier molecular flexibility index (Phi) is 3.85. The van der Waals surface area contributed by atoms with Crippen LogP contribution in [0.4, 0.5) is 10.7 Å². The molecule has 2 aromatic heterocycles. The fourth-order valence-electron chi connectivity index (χ4n) is 1.46. The minimum atomic E-state index is -0.256. The van der Waals surface area contributed by atoms with Crippen molar-refractivity contribution < 1.29 is 14.1 Å². The molecule has 0 spiro atoms. The predicted molar refractivity (Wildman–Crippen MR) is 70.3 cm³/mol. The van der Waals surface area contributed by atoms with Crippen LogP contribution in [-0.2, 0) is 6.54 Å². The number of methoxy groups -OCH3 is 1. The summed E-state index contributed by atoms with van der Waals surface area (Å²) in [6.45, 7) is 0.347. The van der Waals surface area contributed by atoms with Crippen LogP contribution in [0.3, 0.4) is 0 Å². The van der Waals surface area contributed by atoms with E-state index in [0.29, 0.717) is 33.7 Å². The number of carbonyl (C=O) groups is 1. The molecule has 0 unspecified atom stereocenters. The van der Waals surface area contributed by atoms with Gasteiger partial charge in [0.2, 0.25) is 6.39 Å². The summed E-state index contributed by atoms with van der Waals surface area (Å²) in [6, 6.07) is 0. The van der Waals surface area contributed by atoms with E-state index in [4.69, 9.17) is 10.5 Å². The van der Waals surface area contributed by atoms with Gasteiger partial charge < -0.3 is 25.6 Å². The Labute approximate surface area is 112 Å². The van der Waals surface area contributed by atoms with Gasteiger partial charge in [-0.25, -0.2) is 0 Å². The van der Waals surface area contributed by atoms with Gasteiger partial charge in [0.05, 0.1) is 13.7 Å². The molecule has 8 nitrogen and oxygen atoms in total. The van der Waals surface area contributed by atoms with E-state index in [-0.39, 0.29) is 5.91 Å². The quantitative estimate of drug-likeness (QED) is 0.739. The van der Waals surface area contributed by atoms with Crippen LogP contribution in [0.1, 0.15) is 15.5 Å². The molecule has 9 heteroatoms. The lowest BCUT2D eigenvalue weighted by molar-refractivity contribution is 0.0967. The van der Waals surface area contributed by atoms with Crippen molar-refractivity contribution in [3.05, 3.63) is 17.1 Å². The third-order valence-electron chi connectivity index (χ3n) is 2.35. The van der Waals surface area contributed by atoms with E-state index in [9.17, 15) is 4.79 Å². The first-order valence-corrected chi connectivity index (χ1v) is 6.16. The Balaban J connectivity index is 2.22. The molecule has 2 heterocycles. The topological polar surface area (TPSA) is 115 Å². The van der Waals surface area contributed by atoms with Crippen LogP contribution in [0, 0.1) is 0 Å². The first-order chi connectivity index (χ1) is 9.17. The standard InChI is InChI=1S/C10H13N5O3S/c1-12-9(16)8-6(11)7(17-2)10(19-8)13-3-5-14-4-18-15-5/h4,13H,3,11H2,1-2H3,(H,12,16). The summed E-state index contributed by atoms with van der Waals surface area (Å²) in [5.74, 6) is 0.677. The van der Waals surface area contributed by atoms with E-state index >= 15 is 0 Å². The summed E-state index contributed by atoms with van der Waals surface area (Å²) >= 11 is 1.21. The Bertz CT molecular complexity index is 566. The molecule has 0 saturated carbocycles. The third kappa shape index (κ3) is 2.60. The van der Waals surface area contributed by atoms with Gasteiger partial charge in [-0.3, -0.25) is 4.79 Å². The zero-order valence-electron chi connectivity index (χ0n) is 10.4. The second kappa shape index (κ2) is 5.57. The fourth-order valence-corrected chi connectivity index (χ4v) is 2.49. The number of amides is 1. The van der Waals surface area contributed by atoms with Crippen molar-refractivity contribution in [2.45, 2.75) is 6.54 Å². The number of thiophene rings is 1. The van der Waals surface area contributed by atoms with Gasteiger partial charge >= 0.3 is 0 Å². The van der Waals surface area contributed by atoms with E-state index in [1.165, 1.54) is 24.8 Å². The molecule has 0 atom stereocenters.